The second-order valence-electron chi connectivity index (χ2n) is 8.84. The van der Waals surface area contributed by atoms with Gasteiger partial charge >= 0.3 is 6.01 Å². The summed E-state index contributed by atoms with van der Waals surface area (Å²) in [4.78, 5) is 17.8. The molecular weight excluding hydrogens is 420 g/mol. The molecule has 1 N–H and O–H groups in total. The Labute approximate surface area is 194 Å². The minimum absolute atomic E-state index is 0. The lowest BCUT2D eigenvalue weighted by Crippen LogP contribution is -2.56. The van der Waals surface area contributed by atoms with Crippen LogP contribution in [-0.4, -0.2) is 82.2 Å². The van der Waals surface area contributed by atoms with Crippen molar-refractivity contribution < 1.29 is 10.9 Å². The van der Waals surface area contributed by atoms with Crippen molar-refractivity contribution in [1.82, 2.24) is 29.6 Å². The van der Waals surface area contributed by atoms with E-state index in [1.54, 1.807) is 30.4 Å². The molecule has 0 radical (unpaired) electrons. The maximum Gasteiger partial charge on any atom is 0.318 e. The lowest BCUT2D eigenvalue weighted by molar-refractivity contribution is -0.0660. The number of anilines is 3. The van der Waals surface area contributed by atoms with Crippen LogP contribution in [0.5, 0.6) is 6.01 Å². The van der Waals surface area contributed by atoms with E-state index < -0.39 is 0 Å². The Balaban J connectivity index is 0.00000241. The van der Waals surface area contributed by atoms with Gasteiger partial charge in [-0.3, -0.25) is 4.90 Å². The third-order valence-electron chi connectivity index (χ3n) is 6.59. The van der Waals surface area contributed by atoms with Crippen LogP contribution in [-0.2, 0) is 4.74 Å². The zero-order chi connectivity index (χ0) is 22.2. The summed E-state index contributed by atoms with van der Waals surface area (Å²) in [6.45, 7) is 6.00. The molecule has 0 atom stereocenters. The topological polar surface area (TPSA) is 93.5 Å². The maximum absolute atomic E-state index is 5.37. The van der Waals surface area contributed by atoms with Gasteiger partial charge in [-0.05, 0) is 42.5 Å². The van der Waals surface area contributed by atoms with E-state index in [4.69, 9.17) is 9.47 Å². The predicted octanol–water partition coefficient (Wildman–Crippen LogP) is 2.45. The van der Waals surface area contributed by atoms with Crippen molar-refractivity contribution in [2.45, 2.75) is 24.8 Å². The lowest BCUT2D eigenvalue weighted by atomic mass is 10.1. The maximum atomic E-state index is 5.37. The third-order valence-corrected chi connectivity index (χ3v) is 6.59. The van der Waals surface area contributed by atoms with Gasteiger partial charge in [0.25, 0.3) is 0 Å². The SMILES string of the molecule is COc1nccc(-n2cnc(Nc3cc(C4CC4)cc(N4CCN(C5COC5)CC4)c3)n2)n1.[HH]. The number of nitrogens with one attached hydrogen (secondary N) is 1. The van der Waals surface area contributed by atoms with Crippen LogP contribution in [0.4, 0.5) is 17.3 Å². The summed E-state index contributed by atoms with van der Waals surface area (Å²) < 4.78 is 12.1. The molecule has 10 nitrogen and oxygen atoms in total. The lowest BCUT2D eigenvalue weighted by Gasteiger charge is -2.43. The van der Waals surface area contributed by atoms with Crippen LogP contribution in [0.25, 0.3) is 5.82 Å². The van der Waals surface area contributed by atoms with Gasteiger partial charge in [0, 0.05) is 51.2 Å². The van der Waals surface area contributed by atoms with E-state index in [-0.39, 0.29) is 1.43 Å². The largest absolute Gasteiger partial charge is 0.467 e. The van der Waals surface area contributed by atoms with Gasteiger partial charge in [-0.25, -0.2) is 9.67 Å². The highest BCUT2D eigenvalue weighted by atomic mass is 16.5. The number of benzene rings is 1. The first kappa shape index (κ1) is 20.4. The van der Waals surface area contributed by atoms with E-state index in [9.17, 15) is 0 Å². The fraction of sp³-hybridized carbons (Fsp3) is 0.478. The highest BCUT2D eigenvalue weighted by Gasteiger charge is 2.30. The van der Waals surface area contributed by atoms with E-state index in [1.165, 1.54) is 24.1 Å². The van der Waals surface area contributed by atoms with Crippen LogP contribution in [0.3, 0.4) is 0 Å². The summed E-state index contributed by atoms with van der Waals surface area (Å²) in [6.07, 6.45) is 5.81. The van der Waals surface area contributed by atoms with E-state index in [0.29, 0.717) is 29.7 Å². The molecule has 0 bridgehead atoms. The second kappa shape index (κ2) is 8.60. The summed E-state index contributed by atoms with van der Waals surface area (Å²) in [5.74, 6) is 1.80. The fourth-order valence-corrected chi connectivity index (χ4v) is 4.44. The van der Waals surface area contributed by atoms with Crippen LogP contribution in [0.15, 0.2) is 36.8 Å². The quantitative estimate of drug-likeness (QED) is 0.582. The Morgan fingerprint density at radius 2 is 1.94 bits per heavy atom. The predicted molar refractivity (Wildman–Crippen MR) is 126 cm³/mol. The molecule has 3 aromatic rings. The molecule has 3 fully saturated rings. The van der Waals surface area contributed by atoms with Crippen molar-refractivity contribution in [3.63, 3.8) is 0 Å². The third kappa shape index (κ3) is 4.36. The Bertz CT molecular complexity index is 1130. The van der Waals surface area contributed by atoms with Gasteiger partial charge in [0.2, 0.25) is 5.95 Å². The molecule has 3 aliphatic rings. The van der Waals surface area contributed by atoms with Crippen molar-refractivity contribution in [3.05, 3.63) is 42.4 Å². The molecule has 33 heavy (non-hydrogen) atoms. The van der Waals surface area contributed by atoms with Crippen LogP contribution in [0, 0.1) is 0 Å². The molecule has 2 aromatic heterocycles. The summed E-state index contributed by atoms with van der Waals surface area (Å²) in [6, 6.07) is 9.48. The molecule has 174 valence electrons. The molecule has 0 unspecified atom stereocenters. The van der Waals surface area contributed by atoms with Crippen molar-refractivity contribution in [2.75, 3.05) is 56.7 Å². The highest BCUT2D eigenvalue weighted by molar-refractivity contribution is 5.65. The molecule has 10 heteroatoms. The average molecular weight is 451 g/mol. The van der Waals surface area contributed by atoms with Gasteiger partial charge in [-0.15, -0.1) is 5.10 Å². The number of nitrogens with zero attached hydrogens (tertiary/aromatic N) is 7. The zero-order valence-electron chi connectivity index (χ0n) is 18.7. The Kier molecular flexibility index (Phi) is 5.31. The van der Waals surface area contributed by atoms with Crippen LogP contribution in [0.1, 0.15) is 25.7 Å². The second-order valence-corrected chi connectivity index (χ2v) is 8.84. The van der Waals surface area contributed by atoms with Gasteiger partial charge in [-0.2, -0.15) is 9.97 Å². The monoisotopic (exact) mass is 450 g/mol. The van der Waals surface area contributed by atoms with Crippen LogP contribution < -0.4 is 15.0 Å². The van der Waals surface area contributed by atoms with Gasteiger partial charge in [-0.1, -0.05) is 0 Å². The number of methoxy groups -OCH3 is 1. The van der Waals surface area contributed by atoms with E-state index in [0.717, 1.165) is 45.1 Å². The number of hydrogen-bond donors (Lipinski definition) is 1. The first-order valence-corrected chi connectivity index (χ1v) is 11.5. The number of aromatic nitrogens is 5. The van der Waals surface area contributed by atoms with Gasteiger partial charge in [0.1, 0.15) is 6.33 Å². The van der Waals surface area contributed by atoms with Crippen molar-refractivity contribution >= 4 is 17.3 Å². The zero-order valence-corrected chi connectivity index (χ0v) is 18.7. The Hall–Kier alpha value is -3.24. The minimum Gasteiger partial charge on any atom is -0.467 e. The van der Waals surface area contributed by atoms with Crippen molar-refractivity contribution in [2.24, 2.45) is 0 Å². The first-order chi connectivity index (χ1) is 16.2. The van der Waals surface area contributed by atoms with E-state index >= 15 is 0 Å². The molecule has 2 aliphatic heterocycles. The normalized spacial score (nSPS) is 19.4. The smallest absolute Gasteiger partial charge is 0.318 e. The van der Waals surface area contributed by atoms with Gasteiger partial charge in [0.05, 0.1) is 26.4 Å². The number of piperazine rings is 1. The van der Waals surface area contributed by atoms with Crippen LogP contribution in [0.2, 0.25) is 0 Å². The summed E-state index contributed by atoms with van der Waals surface area (Å²) in [5, 5.41) is 7.94. The summed E-state index contributed by atoms with van der Waals surface area (Å²) in [5.41, 5.74) is 3.68. The van der Waals surface area contributed by atoms with E-state index in [1.807, 2.05) is 0 Å². The summed E-state index contributed by atoms with van der Waals surface area (Å²) in [7, 11) is 1.54. The molecule has 1 aromatic carbocycles. The molecule has 0 amide bonds. The molecule has 1 aliphatic carbocycles. The molecular formula is C23H30N8O2. The molecule has 6 rings (SSSR count). The number of rotatable bonds is 7. The first-order valence-electron chi connectivity index (χ1n) is 11.5. The highest BCUT2D eigenvalue weighted by Crippen LogP contribution is 2.42. The average Bonchev–Trinajstić information content (AvgIpc) is 3.57. The van der Waals surface area contributed by atoms with Crippen molar-refractivity contribution in [1.29, 1.82) is 0 Å². The number of ether oxygens (including phenoxy) is 2. The fourth-order valence-electron chi connectivity index (χ4n) is 4.44. The molecule has 2 saturated heterocycles. The standard InChI is InChI=1S/C23H28N8O2.H2/c1-32-23-24-5-4-21(27-23)31-15-25-22(28-31)26-18-10-17(16-2-3-16)11-19(12-18)29-6-8-30(9-7-29)20-13-33-14-20;/h4-5,10-12,15-16,20H,2-3,6-9,13-14H2,1H3,(H,26,28);1H. The Morgan fingerprint density at radius 3 is 2.67 bits per heavy atom. The van der Waals surface area contributed by atoms with Crippen LogP contribution >= 0.6 is 0 Å². The van der Waals surface area contributed by atoms with Gasteiger partial charge in [0.15, 0.2) is 5.82 Å². The van der Waals surface area contributed by atoms with Crippen molar-refractivity contribution in [3.8, 4) is 11.8 Å². The minimum atomic E-state index is 0. The molecule has 1 saturated carbocycles. The molecule has 0 spiro atoms. The summed E-state index contributed by atoms with van der Waals surface area (Å²) >= 11 is 0. The van der Waals surface area contributed by atoms with E-state index in [2.05, 4.69) is 53.4 Å². The molecule has 4 heterocycles. The van der Waals surface area contributed by atoms with Gasteiger partial charge < -0.3 is 19.7 Å². The number of hydrogen-bond acceptors (Lipinski definition) is 9. The Morgan fingerprint density at radius 1 is 1.09 bits per heavy atom.